The van der Waals surface area contributed by atoms with Gasteiger partial charge in [0, 0.05) is 14.7 Å². The van der Waals surface area contributed by atoms with Crippen molar-refractivity contribution >= 4 is 36.1 Å². The highest BCUT2D eigenvalue weighted by Gasteiger charge is 2.51. The zero-order chi connectivity index (χ0) is 37.8. The molecule has 272 valence electrons. The third kappa shape index (κ3) is 9.51. The minimum atomic E-state index is -5.04. The normalized spacial score (nSPS) is 23.0. The van der Waals surface area contributed by atoms with Gasteiger partial charge in [-0.25, -0.2) is 18.7 Å². The number of nitrogens with zero attached hydrogens (tertiary/aromatic N) is 3. The zero-order valence-corrected chi connectivity index (χ0v) is 30.2. The Labute approximate surface area is 283 Å². The summed E-state index contributed by atoms with van der Waals surface area (Å²) in [4.78, 5) is 18.3. The molecule has 17 heteroatoms. The third-order valence-corrected chi connectivity index (χ3v) is 11.5. The number of imidazole rings is 1. The van der Waals surface area contributed by atoms with E-state index in [0.717, 1.165) is 13.0 Å². The molecule has 6 atom stereocenters. The van der Waals surface area contributed by atoms with E-state index in [1.165, 1.54) is 6.92 Å². The van der Waals surface area contributed by atoms with Crippen LogP contribution >= 0.6 is 0 Å². The molecular weight excluding hydrogens is 681 g/mol. The Morgan fingerprint density at radius 3 is 2.31 bits per heavy atom. The fraction of sp³-hybridized carbons (Fsp3) is 0.742. The lowest BCUT2D eigenvalue weighted by molar-refractivity contribution is -0.227. The van der Waals surface area contributed by atoms with Gasteiger partial charge in [0.15, 0.2) is 6.10 Å². The van der Waals surface area contributed by atoms with Gasteiger partial charge >= 0.3 is 18.4 Å². The Morgan fingerprint density at radius 1 is 1.15 bits per heavy atom. The zero-order valence-electron chi connectivity index (χ0n) is 30.4. The molecule has 1 aliphatic carbocycles. The molecule has 2 fully saturated rings. The van der Waals surface area contributed by atoms with Gasteiger partial charge in [-0.2, -0.15) is 26.3 Å². The molecule has 2 N–H and O–H groups in total. The Balaban J connectivity index is 1.83. The van der Waals surface area contributed by atoms with Crippen LogP contribution in [-0.2, 0) is 27.2 Å². The highest BCUT2D eigenvalue weighted by Crippen LogP contribution is 2.46. The van der Waals surface area contributed by atoms with E-state index < -0.39 is 79.0 Å². The second-order valence-corrected chi connectivity index (χ2v) is 22.3. The number of urea groups is 1. The molecule has 1 saturated carbocycles. The Morgan fingerprint density at radius 2 is 1.79 bits per heavy atom. The van der Waals surface area contributed by atoms with Crippen LogP contribution in [0.4, 0.5) is 31.1 Å². The minimum absolute atomic E-state index is 0.0755. The first-order chi connectivity index (χ1) is 22.7. The standard InChI is InChI=1S/C31H47F6N5O4SSi/c1-18(46-19(2)30(32,33)34)25(40-47(44)29(3,4)5)27-38-22-15-21(11-12-23(22)42(27)17-45-13-14-48(6,7)8)26(20-9-10-20)41-16-24(31(35,36)37)39-28(41)43/h11-12,15,18-20,24-26,40H,9-10,13-14,16-17H2,1-8H3,(H,39,43)/t18-,19+,24?,25+,26-,47-/m1/s1/i16D2. The summed E-state index contributed by atoms with van der Waals surface area (Å²) in [6, 6.07) is -0.558. The van der Waals surface area contributed by atoms with E-state index in [2.05, 4.69) is 24.4 Å². The predicted octanol–water partition coefficient (Wildman–Crippen LogP) is 7.20. The molecule has 2 heterocycles. The van der Waals surface area contributed by atoms with Crippen molar-refractivity contribution < 1.29 is 47.6 Å². The van der Waals surface area contributed by atoms with Gasteiger partial charge < -0.3 is 24.3 Å². The summed E-state index contributed by atoms with van der Waals surface area (Å²) >= 11 is 0. The van der Waals surface area contributed by atoms with Crippen molar-refractivity contribution in [3.8, 4) is 0 Å². The second-order valence-electron chi connectivity index (χ2n) is 14.7. The molecule has 1 saturated heterocycles. The number of hydrogen-bond acceptors (Lipinski definition) is 5. The Kier molecular flexibility index (Phi) is 10.5. The molecule has 2 aliphatic rings. The van der Waals surface area contributed by atoms with Crippen molar-refractivity contribution in [2.45, 2.75) is 127 Å². The molecule has 1 aromatic heterocycles. The van der Waals surface area contributed by atoms with Crippen molar-refractivity contribution in [1.29, 1.82) is 0 Å². The molecule has 2 aromatic rings. The lowest BCUT2D eigenvalue weighted by Crippen LogP contribution is -2.43. The van der Waals surface area contributed by atoms with Gasteiger partial charge in [-0.15, -0.1) is 0 Å². The van der Waals surface area contributed by atoms with Crippen LogP contribution in [0, 0.1) is 5.92 Å². The van der Waals surface area contributed by atoms with Crippen LogP contribution in [0.2, 0.25) is 25.7 Å². The molecule has 0 bridgehead atoms. The van der Waals surface area contributed by atoms with Gasteiger partial charge in [0.05, 0.1) is 48.2 Å². The minimum Gasteiger partial charge on any atom is -0.364 e. The van der Waals surface area contributed by atoms with E-state index in [1.807, 2.05) is 0 Å². The number of amides is 2. The average molecular weight is 730 g/mol. The van der Waals surface area contributed by atoms with E-state index in [9.17, 15) is 35.3 Å². The molecular formula is C31H47F6N5O4SSi. The first-order valence-electron chi connectivity index (χ1n) is 16.9. The maximum absolute atomic E-state index is 13.8. The summed E-state index contributed by atoms with van der Waals surface area (Å²) in [7, 11) is -3.30. The quantitative estimate of drug-likeness (QED) is 0.122. The third-order valence-electron chi connectivity index (χ3n) is 8.21. The fourth-order valence-corrected chi connectivity index (χ4v) is 6.85. The van der Waals surface area contributed by atoms with Crippen LogP contribution in [0.25, 0.3) is 11.0 Å². The van der Waals surface area contributed by atoms with Crippen molar-refractivity contribution in [1.82, 2.24) is 24.5 Å². The number of carbonyl (C=O) groups excluding carboxylic acids is 1. The molecule has 1 aromatic carbocycles. The molecule has 2 amide bonds. The highest BCUT2D eigenvalue weighted by atomic mass is 32.2. The van der Waals surface area contributed by atoms with Crippen LogP contribution in [0.5, 0.6) is 0 Å². The molecule has 48 heavy (non-hydrogen) atoms. The number of aromatic nitrogens is 2. The van der Waals surface area contributed by atoms with Gasteiger partial charge in [-0.05, 0) is 77.1 Å². The first kappa shape index (κ1) is 35.6. The van der Waals surface area contributed by atoms with E-state index in [0.29, 0.717) is 35.4 Å². The van der Waals surface area contributed by atoms with Crippen LogP contribution in [-0.4, -0.2) is 81.2 Å². The molecule has 1 unspecified atom stereocenters. The van der Waals surface area contributed by atoms with Crippen molar-refractivity contribution in [3.05, 3.63) is 29.6 Å². The van der Waals surface area contributed by atoms with E-state index in [1.54, 1.807) is 48.9 Å². The van der Waals surface area contributed by atoms with Crippen molar-refractivity contribution in [3.63, 3.8) is 0 Å². The summed E-state index contributed by atoms with van der Waals surface area (Å²) in [5.74, 6) is -0.161. The van der Waals surface area contributed by atoms with Gasteiger partial charge in [0.2, 0.25) is 0 Å². The van der Waals surface area contributed by atoms with Crippen LogP contribution in [0.3, 0.4) is 0 Å². The SMILES string of the molecule is [2H]C1([2H])C(C(F)(F)F)NC(=O)N1[C@@H](c1ccc2c(c1)nc([C@@H](N[S@](=O)C(C)(C)C)[C@@H](C)O[C@@H](C)C(F)(F)F)n2COCC[Si](C)(C)C)C1CC1. The molecule has 4 rings (SSSR count). The number of rotatable bonds is 14. The van der Waals surface area contributed by atoms with Crippen molar-refractivity contribution in [2.75, 3.05) is 13.1 Å². The van der Waals surface area contributed by atoms with Crippen molar-refractivity contribution in [2.24, 2.45) is 5.92 Å². The summed E-state index contributed by atoms with van der Waals surface area (Å²) in [6.45, 7) is 11.1. The number of nitrogens with one attached hydrogen (secondary N) is 2. The molecule has 0 radical (unpaired) electrons. The van der Waals surface area contributed by atoms with Crippen LogP contribution in [0.15, 0.2) is 18.2 Å². The number of hydrogen-bond donors (Lipinski definition) is 2. The van der Waals surface area contributed by atoms with E-state index in [-0.39, 0.29) is 24.0 Å². The average Bonchev–Trinajstić information content (AvgIpc) is 3.68. The number of halogens is 6. The molecule has 1 aliphatic heterocycles. The predicted molar refractivity (Wildman–Crippen MR) is 174 cm³/mol. The lowest BCUT2D eigenvalue weighted by atomic mass is 10.00. The summed E-state index contributed by atoms with van der Waals surface area (Å²) in [5.41, 5.74) is 1.07. The summed E-state index contributed by atoms with van der Waals surface area (Å²) in [6.07, 6.45) is -12.0. The topological polar surface area (TPSA) is 97.7 Å². The number of fused-ring (bicyclic) bond motifs is 1. The first-order valence-corrected chi connectivity index (χ1v) is 20.7. The van der Waals surface area contributed by atoms with Crippen LogP contribution < -0.4 is 10.0 Å². The maximum atomic E-state index is 13.8. The van der Waals surface area contributed by atoms with E-state index >= 15 is 0 Å². The summed E-state index contributed by atoms with van der Waals surface area (Å²) < 4.78 is 127. The lowest BCUT2D eigenvalue weighted by Gasteiger charge is -2.30. The van der Waals surface area contributed by atoms with Gasteiger partial charge in [-0.3, -0.25) is 0 Å². The molecule has 0 spiro atoms. The van der Waals surface area contributed by atoms with Gasteiger partial charge in [0.1, 0.15) is 24.6 Å². The van der Waals surface area contributed by atoms with Crippen LogP contribution in [0.1, 0.15) is 73.7 Å². The van der Waals surface area contributed by atoms with Gasteiger partial charge in [0.25, 0.3) is 0 Å². The number of ether oxygens (including phenoxy) is 2. The molecule has 9 nitrogen and oxygen atoms in total. The highest BCUT2D eigenvalue weighted by molar-refractivity contribution is 7.84. The number of benzene rings is 1. The Bertz CT molecular complexity index is 1560. The second kappa shape index (κ2) is 14.2. The fourth-order valence-electron chi connectivity index (χ4n) is 5.21. The number of carbonyl (C=O) groups is 1. The summed E-state index contributed by atoms with van der Waals surface area (Å²) in [5, 5.41) is 1.76. The monoisotopic (exact) mass is 729 g/mol. The smallest absolute Gasteiger partial charge is 0.364 e. The van der Waals surface area contributed by atoms with E-state index in [4.69, 9.17) is 17.2 Å². The number of alkyl halides is 6. The van der Waals surface area contributed by atoms with Gasteiger partial charge in [-0.1, -0.05) is 25.7 Å². The largest absolute Gasteiger partial charge is 0.414 e. The Hall–Kier alpha value is -2.21. The maximum Gasteiger partial charge on any atom is 0.414 e.